The quantitative estimate of drug-likeness (QED) is 0.660. The smallest absolute Gasteiger partial charge is 0.256 e. The number of nitrogens with two attached hydrogens (primary N) is 1. The normalized spacial score (nSPS) is 22.4. The van der Waals surface area contributed by atoms with Crippen LogP contribution in [0.3, 0.4) is 0 Å². The summed E-state index contributed by atoms with van der Waals surface area (Å²) in [7, 11) is 1.79. The highest BCUT2D eigenvalue weighted by Crippen LogP contribution is 2.28. The molecule has 20 heavy (non-hydrogen) atoms. The van der Waals surface area contributed by atoms with Crippen molar-refractivity contribution in [2.45, 2.75) is 38.6 Å². The lowest BCUT2D eigenvalue weighted by Gasteiger charge is -2.34. The van der Waals surface area contributed by atoms with E-state index in [-0.39, 0.29) is 23.2 Å². The molecule has 1 fully saturated rings. The van der Waals surface area contributed by atoms with Gasteiger partial charge in [0.25, 0.3) is 5.91 Å². The van der Waals surface area contributed by atoms with Crippen LogP contribution in [0.4, 0.5) is 10.1 Å². The van der Waals surface area contributed by atoms with Crippen molar-refractivity contribution in [2.75, 3.05) is 12.5 Å². The Morgan fingerprint density at radius 3 is 2.85 bits per heavy atom. The highest BCUT2D eigenvalue weighted by atomic mass is 19.1. The van der Waals surface area contributed by atoms with Crippen molar-refractivity contribution in [1.29, 1.82) is 0 Å². The average molecular weight is 279 g/mol. The fraction of sp³-hybridized carbons (Fsp3) is 0.533. The van der Waals surface area contributed by atoms with Gasteiger partial charge in [-0.05, 0) is 30.9 Å². The van der Waals surface area contributed by atoms with E-state index in [1.807, 2.05) is 0 Å². The van der Waals surface area contributed by atoms with Crippen LogP contribution < -0.4 is 11.3 Å². The van der Waals surface area contributed by atoms with E-state index in [1.54, 1.807) is 18.0 Å². The van der Waals surface area contributed by atoms with E-state index in [4.69, 9.17) is 5.84 Å². The van der Waals surface area contributed by atoms with Crippen molar-refractivity contribution < 1.29 is 9.18 Å². The van der Waals surface area contributed by atoms with E-state index in [9.17, 15) is 9.18 Å². The van der Waals surface area contributed by atoms with Gasteiger partial charge in [-0.25, -0.2) is 4.39 Å². The Morgan fingerprint density at radius 1 is 1.45 bits per heavy atom. The summed E-state index contributed by atoms with van der Waals surface area (Å²) >= 11 is 0. The van der Waals surface area contributed by atoms with Gasteiger partial charge in [0, 0.05) is 13.1 Å². The molecule has 110 valence electrons. The molecule has 3 N–H and O–H groups in total. The highest BCUT2D eigenvalue weighted by molar-refractivity contribution is 5.99. The van der Waals surface area contributed by atoms with Crippen LogP contribution in [-0.4, -0.2) is 23.9 Å². The lowest BCUT2D eigenvalue weighted by atomic mass is 9.86. The van der Waals surface area contributed by atoms with Gasteiger partial charge in [0.15, 0.2) is 0 Å². The number of amides is 1. The molecule has 1 amide bonds. The van der Waals surface area contributed by atoms with Crippen molar-refractivity contribution in [2.24, 2.45) is 11.8 Å². The van der Waals surface area contributed by atoms with Gasteiger partial charge >= 0.3 is 0 Å². The fourth-order valence-corrected chi connectivity index (χ4v) is 2.96. The third-order valence-electron chi connectivity index (χ3n) is 4.17. The minimum Gasteiger partial charge on any atom is -0.339 e. The molecular formula is C15H22FN3O. The summed E-state index contributed by atoms with van der Waals surface area (Å²) in [5.74, 6) is 5.26. The Hall–Kier alpha value is -1.62. The topological polar surface area (TPSA) is 58.4 Å². The first kappa shape index (κ1) is 14.8. The minimum absolute atomic E-state index is 0.0632. The van der Waals surface area contributed by atoms with Gasteiger partial charge < -0.3 is 10.3 Å². The van der Waals surface area contributed by atoms with Gasteiger partial charge in [-0.2, -0.15) is 0 Å². The van der Waals surface area contributed by atoms with E-state index in [1.165, 1.54) is 18.6 Å². The average Bonchev–Trinajstić information content (AvgIpc) is 2.45. The number of nitrogens with zero attached hydrogens (tertiary/aromatic N) is 1. The molecule has 1 aliphatic carbocycles. The molecule has 0 radical (unpaired) electrons. The number of hydrogen-bond acceptors (Lipinski definition) is 3. The monoisotopic (exact) mass is 279 g/mol. The predicted octanol–water partition coefficient (Wildman–Crippen LogP) is 2.76. The van der Waals surface area contributed by atoms with Gasteiger partial charge in [-0.15, -0.1) is 0 Å². The number of benzene rings is 1. The molecule has 0 bridgehead atoms. The summed E-state index contributed by atoms with van der Waals surface area (Å²) in [6.07, 6.45) is 4.36. The number of para-hydroxylation sites is 1. The molecule has 0 aliphatic heterocycles. The molecule has 2 atom stereocenters. The second-order valence-electron chi connectivity index (χ2n) is 5.65. The van der Waals surface area contributed by atoms with Gasteiger partial charge in [-0.3, -0.25) is 10.6 Å². The van der Waals surface area contributed by atoms with Crippen LogP contribution in [0.2, 0.25) is 0 Å². The minimum atomic E-state index is -0.510. The molecule has 0 spiro atoms. The van der Waals surface area contributed by atoms with E-state index in [2.05, 4.69) is 12.3 Å². The highest BCUT2D eigenvalue weighted by Gasteiger charge is 2.27. The molecule has 1 aliphatic rings. The van der Waals surface area contributed by atoms with Crippen LogP contribution in [-0.2, 0) is 0 Å². The zero-order valence-electron chi connectivity index (χ0n) is 12.0. The first-order valence-electron chi connectivity index (χ1n) is 7.07. The van der Waals surface area contributed by atoms with Crippen molar-refractivity contribution in [3.05, 3.63) is 29.6 Å². The van der Waals surface area contributed by atoms with Gasteiger partial charge in [0.2, 0.25) is 0 Å². The number of carbonyl (C=O) groups is 1. The number of anilines is 1. The van der Waals surface area contributed by atoms with Crippen LogP contribution in [0, 0.1) is 11.7 Å². The largest absolute Gasteiger partial charge is 0.339 e. The van der Waals surface area contributed by atoms with Crippen molar-refractivity contribution >= 4 is 11.6 Å². The maximum absolute atomic E-state index is 13.7. The van der Waals surface area contributed by atoms with Gasteiger partial charge in [0.1, 0.15) is 5.82 Å². The number of hydrogen-bond donors (Lipinski definition) is 2. The van der Waals surface area contributed by atoms with Crippen LogP contribution in [0.5, 0.6) is 0 Å². The SMILES string of the molecule is CC1CCCC(N(C)C(=O)c2cccc(F)c2NN)C1. The Morgan fingerprint density at radius 2 is 2.20 bits per heavy atom. The van der Waals surface area contributed by atoms with Gasteiger partial charge in [0.05, 0.1) is 11.3 Å². The number of carbonyl (C=O) groups excluding carboxylic acids is 1. The third kappa shape index (κ3) is 2.93. The molecular weight excluding hydrogens is 257 g/mol. The first-order valence-corrected chi connectivity index (χ1v) is 7.07. The number of hydrazine groups is 1. The maximum atomic E-state index is 13.7. The first-order chi connectivity index (χ1) is 9.54. The zero-order valence-corrected chi connectivity index (χ0v) is 12.0. The Labute approximate surface area is 119 Å². The predicted molar refractivity (Wildman–Crippen MR) is 77.7 cm³/mol. The number of nitrogens with one attached hydrogen (secondary N) is 1. The Kier molecular flexibility index (Phi) is 4.60. The molecule has 0 aromatic heterocycles. The van der Waals surface area contributed by atoms with Gasteiger partial charge in [-0.1, -0.05) is 25.8 Å². The second-order valence-corrected chi connectivity index (χ2v) is 5.65. The summed E-state index contributed by atoms with van der Waals surface area (Å²) in [6, 6.07) is 4.64. The summed E-state index contributed by atoms with van der Waals surface area (Å²) < 4.78 is 13.7. The van der Waals surface area contributed by atoms with E-state index < -0.39 is 5.82 Å². The molecule has 1 saturated carbocycles. The number of rotatable bonds is 3. The third-order valence-corrected chi connectivity index (χ3v) is 4.17. The maximum Gasteiger partial charge on any atom is 0.256 e. The van der Waals surface area contributed by atoms with Crippen molar-refractivity contribution in [3.63, 3.8) is 0 Å². The van der Waals surface area contributed by atoms with Crippen LogP contribution in [0.15, 0.2) is 18.2 Å². The lowest BCUT2D eigenvalue weighted by molar-refractivity contribution is 0.0673. The number of halogens is 1. The molecule has 5 heteroatoms. The molecule has 2 unspecified atom stereocenters. The van der Waals surface area contributed by atoms with Crippen LogP contribution >= 0.6 is 0 Å². The fourth-order valence-electron chi connectivity index (χ4n) is 2.96. The van der Waals surface area contributed by atoms with Crippen molar-refractivity contribution in [1.82, 2.24) is 4.90 Å². The summed E-state index contributed by atoms with van der Waals surface area (Å²) in [4.78, 5) is 14.3. The van der Waals surface area contributed by atoms with E-state index in [0.29, 0.717) is 5.92 Å². The molecule has 1 aromatic rings. The van der Waals surface area contributed by atoms with Crippen LogP contribution in [0.1, 0.15) is 43.0 Å². The standard InChI is InChI=1S/C15H22FN3O/c1-10-5-3-6-11(9-10)19(2)15(20)12-7-4-8-13(16)14(12)18-17/h4,7-8,10-11,18H,3,5-6,9,17H2,1-2H3. The Bertz CT molecular complexity index is 492. The van der Waals surface area contributed by atoms with E-state index >= 15 is 0 Å². The molecule has 1 aromatic carbocycles. The lowest BCUT2D eigenvalue weighted by Crippen LogP contribution is -2.40. The molecule has 4 nitrogen and oxygen atoms in total. The van der Waals surface area contributed by atoms with E-state index in [0.717, 1.165) is 19.3 Å². The molecule has 0 heterocycles. The zero-order chi connectivity index (χ0) is 14.7. The number of nitrogen functional groups attached to an aromatic ring is 1. The summed E-state index contributed by atoms with van der Waals surface area (Å²) in [5.41, 5.74) is 2.64. The van der Waals surface area contributed by atoms with Crippen molar-refractivity contribution in [3.8, 4) is 0 Å². The van der Waals surface area contributed by atoms with Crippen LogP contribution in [0.25, 0.3) is 0 Å². The molecule has 0 saturated heterocycles. The molecule has 2 rings (SSSR count). The summed E-state index contributed by atoms with van der Waals surface area (Å²) in [6.45, 7) is 2.21. The Balaban J connectivity index is 2.20. The second kappa shape index (κ2) is 6.22. The summed E-state index contributed by atoms with van der Waals surface area (Å²) in [5, 5.41) is 0.